The second kappa shape index (κ2) is 9.98. The molecule has 0 unspecified atom stereocenters. The van der Waals surface area contributed by atoms with Crippen LogP contribution in [0.1, 0.15) is 31.4 Å². The zero-order valence-electron chi connectivity index (χ0n) is 17.6. The lowest BCUT2D eigenvalue weighted by molar-refractivity contribution is 0.0995. The summed E-state index contributed by atoms with van der Waals surface area (Å²) < 4.78 is 5.10. The lowest BCUT2D eigenvalue weighted by Crippen LogP contribution is -2.11. The fraction of sp³-hybridized carbons (Fsp3) is 0.120. The minimum absolute atomic E-state index is 0.212. The molecule has 2 heterocycles. The van der Waals surface area contributed by atoms with Gasteiger partial charge in [-0.3, -0.25) is 9.59 Å². The Kier molecular flexibility index (Phi) is 6.67. The van der Waals surface area contributed by atoms with Gasteiger partial charge in [-0.15, -0.1) is 11.3 Å². The van der Waals surface area contributed by atoms with Gasteiger partial charge < -0.3 is 20.4 Å². The number of thiophene rings is 1. The van der Waals surface area contributed by atoms with Gasteiger partial charge in [0.1, 0.15) is 0 Å². The second-order valence-corrected chi connectivity index (χ2v) is 8.30. The molecule has 0 spiro atoms. The molecular weight excluding hydrogens is 422 g/mol. The molecule has 0 fully saturated rings. The van der Waals surface area contributed by atoms with Crippen LogP contribution in [-0.4, -0.2) is 18.4 Å². The molecule has 32 heavy (non-hydrogen) atoms. The monoisotopic (exact) mass is 445 g/mol. The zero-order chi connectivity index (χ0) is 22.3. The topological polar surface area (TPSA) is 83.4 Å². The van der Waals surface area contributed by atoms with E-state index in [1.54, 1.807) is 18.2 Å². The van der Waals surface area contributed by atoms with Crippen molar-refractivity contribution in [1.82, 2.24) is 0 Å². The third kappa shape index (κ3) is 5.44. The molecule has 4 aromatic rings. The summed E-state index contributed by atoms with van der Waals surface area (Å²) in [4.78, 5) is 25.4. The predicted molar refractivity (Wildman–Crippen MR) is 129 cm³/mol. The van der Waals surface area contributed by atoms with Gasteiger partial charge in [-0.1, -0.05) is 30.3 Å². The van der Waals surface area contributed by atoms with Crippen molar-refractivity contribution in [2.45, 2.75) is 13.3 Å². The smallest absolute Gasteiger partial charge is 0.291 e. The lowest BCUT2D eigenvalue weighted by Gasteiger charge is -2.09. The average molecular weight is 446 g/mol. The number of benzene rings is 2. The van der Waals surface area contributed by atoms with Crippen molar-refractivity contribution in [3.63, 3.8) is 0 Å². The first kappa shape index (κ1) is 21.4. The van der Waals surface area contributed by atoms with Crippen LogP contribution in [0.4, 0.5) is 16.4 Å². The molecule has 0 bridgehead atoms. The molecule has 6 nitrogen and oxygen atoms in total. The summed E-state index contributed by atoms with van der Waals surface area (Å²) in [6.07, 6.45) is 2.38. The first-order chi connectivity index (χ1) is 15.6. The van der Waals surface area contributed by atoms with E-state index >= 15 is 0 Å². The van der Waals surface area contributed by atoms with Gasteiger partial charge in [0.05, 0.1) is 16.1 Å². The Hall–Kier alpha value is -3.84. The Balaban J connectivity index is 1.31. The Bertz CT molecular complexity index is 1180. The van der Waals surface area contributed by atoms with E-state index in [2.05, 4.69) is 28.1 Å². The summed E-state index contributed by atoms with van der Waals surface area (Å²) in [6.45, 7) is 2.67. The van der Waals surface area contributed by atoms with Gasteiger partial charge in [0, 0.05) is 17.9 Å². The average Bonchev–Trinajstić information content (AvgIpc) is 3.46. The Morgan fingerprint density at radius 3 is 2.34 bits per heavy atom. The number of aryl methyl sites for hydroxylation is 1. The highest BCUT2D eigenvalue weighted by Crippen LogP contribution is 2.28. The predicted octanol–water partition coefficient (Wildman–Crippen LogP) is 5.81. The van der Waals surface area contributed by atoms with E-state index in [1.165, 1.54) is 23.2 Å². The van der Waals surface area contributed by atoms with E-state index in [4.69, 9.17) is 4.42 Å². The molecule has 0 aliphatic heterocycles. The standard InChI is InChI=1S/C25H23N3O3S/c1-17-16-22(28-24(29)21-8-5-15-31-21)32-23(17)25(30)27-20-11-9-19(10-12-20)26-14-13-18-6-3-2-4-7-18/h2-12,15-16,26H,13-14H2,1H3,(H,27,30)(H,28,29). The molecule has 0 aliphatic rings. The Labute approximate surface area is 190 Å². The highest BCUT2D eigenvalue weighted by atomic mass is 32.1. The number of anilines is 3. The number of furan rings is 1. The number of rotatable bonds is 8. The van der Waals surface area contributed by atoms with Crippen LogP contribution in [0.15, 0.2) is 83.5 Å². The van der Waals surface area contributed by atoms with Crippen LogP contribution < -0.4 is 16.0 Å². The van der Waals surface area contributed by atoms with Gasteiger partial charge in [-0.25, -0.2) is 0 Å². The molecular formula is C25H23N3O3S. The molecule has 0 saturated heterocycles. The number of amides is 2. The van der Waals surface area contributed by atoms with Crippen LogP contribution in [0.25, 0.3) is 0 Å². The lowest BCUT2D eigenvalue weighted by atomic mass is 10.1. The van der Waals surface area contributed by atoms with Crippen LogP contribution in [0.2, 0.25) is 0 Å². The fourth-order valence-electron chi connectivity index (χ4n) is 3.21. The van der Waals surface area contributed by atoms with E-state index in [0.717, 1.165) is 24.2 Å². The van der Waals surface area contributed by atoms with Crippen molar-refractivity contribution < 1.29 is 14.0 Å². The molecule has 2 aromatic heterocycles. The van der Waals surface area contributed by atoms with Crippen molar-refractivity contribution in [1.29, 1.82) is 0 Å². The first-order valence-electron chi connectivity index (χ1n) is 10.2. The van der Waals surface area contributed by atoms with Crippen LogP contribution in [0, 0.1) is 6.92 Å². The minimum Gasteiger partial charge on any atom is -0.459 e. The SMILES string of the molecule is Cc1cc(NC(=O)c2ccco2)sc1C(=O)Nc1ccc(NCCc2ccccc2)cc1. The Morgan fingerprint density at radius 2 is 1.62 bits per heavy atom. The number of hydrogen-bond acceptors (Lipinski definition) is 5. The first-order valence-corrected chi connectivity index (χ1v) is 11.0. The molecule has 0 saturated carbocycles. The van der Waals surface area contributed by atoms with E-state index in [1.807, 2.05) is 49.4 Å². The summed E-state index contributed by atoms with van der Waals surface area (Å²) in [5.74, 6) is -0.339. The molecule has 0 atom stereocenters. The van der Waals surface area contributed by atoms with Gasteiger partial charge in [0.15, 0.2) is 5.76 Å². The van der Waals surface area contributed by atoms with Crippen molar-refractivity contribution in [3.8, 4) is 0 Å². The van der Waals surface area contributed by atoms with Gasteiger partial charge in [-0.05, 0) is 66.9 Å². The molecule has 4 rings (SSSR count). The summed E-state index contributed by atoms with van der Waals surface area (Å²) >= 11 is 1.23. The van der Waals surface area contributed by atoms with E-state index in [-0.39, 0.29) is 17.6 Å². The second-order valence-electron chi connectivity index (χ2n) is 7.25. The minimum atomic E-state index is -0.349. The quantitative estimate of drug-likeness (QED) is 0.320. The molecule has 162 valence electrons. The third-order valence-corrected chi connectivity index (χ3v) is 5.99. The molecule has 2 amide bonds. The van der Waals surface area contributed by atoms with Gasteiger partial charge in [0.2, 0.25) is 0 Å². The highest BCUT2D eigenvalue weighted by molar-refractivity contribution is 7.18. The normalized spacial score (nSPS) is 10.5. The number of nitrogens with one attached hydrogen (secondary N) is 3. The van der Waals surface area contributed by atoms with Crippen LogP contribution >= 0.6 is 11.3 Å². The highest BCUT2D eigenvalue weighted by Gasteiger charge is 2.16. The number of carbonyl (C=O) groups is 2. The number of hydrogen-bond donors (Lipinski definition) is 3. The summed E-state index contributed by atoms with van der Waals surface area (Å²) in [6, 6.07) is 22.9. The maximum Gasteiger partial charge on any atom is 0.291 e. The Morgan fingerprint density at radius 1 is 0.875 bits per heavy atom. The van der Waals surface area contributed by atoms with E-state index in [0.29, 0.717) is 15.6 Å². The molecule has 0 aliphatic carbocycles. The van der Waals surface area contributed by atoms with Crippen molar-refractivity contribution in [3.05, 3.63) is 101 Å². The van der Waals surface area contributed by atoms with Gasteiger partial charge in [-0.2, -0.15) is 0 Å². The fourth-order valence-corrected chi connectivity index (χ4v) is 4.17. The van der Waals surface area contributed by atoms with Crippen LogP contribution in [0.3, 0.4) is 0 Å². The van der Waals surface area contributed by atoms with Crippen molar-refractivity contribution in [2.24, 2.45) is 0 Å². The molecule has 2 aromatic carbocycles. The number of carbonyl (C=O) groups excluding carboxylic acids is 2. The summed E-state index contributed by atoms with van der Waals surface area (Å²) in [5.41, 5.74) is 3.78. The van der Waals surface area contributed by atoms with Crippen molar-refractivity contribution in [2.75, 3.05) is 22.5 Å². The maximum absolute atomic E-state index is 12.7. The largest absolute Gasteiger partial charge is 0.459 e. The maximum atomic E-state index is 12.7. The molecule has 3 N–H and O–H groups in total. The van der Waals surface area contributed by atoms with Crippen LogP contribution in [0.5, 0.6) is 0 Å². The van der Waals surface area contributed by atoms with Crippen LogP contribution in [-0.2, 0) is 6.42 Å². The summed E-state index contributed by atoms with van der Waals surface area (Å²) in [7, 11) is 0. The van der Waals surface area contributed by atoms with Crippen molar-refractivity contribution >= 4 is 39.5 Å². The molecule has 7 heteroatoms. The van der Waals surface area contributed by atoms with E-state index < -0.39 is 0 Å². The van der Waals surface area contributed by atoms with Gasteiger partial charge >= 0.3 is 0 Å². The van der Waals surface area contributed by atoms with E-state index in [9.17, 15) is 9.59 Å². The molecule has 0 radical (unpaired) electrons. The zero-order valence-corrected chi connectivity index (χ0v) is 18.4. The summed E-state index contributed by atoms with van der Waals surface area (Å²) in [5, 5.41) is 9.65. The van der Waals surface area contributed by atoms with Gasteiger partial charge in [0.25, 0.3) is 11.8 Å². The third-order valence-electron chi connectivity index (χ3n) is 4.83.